The second kappa shape index (κ2) is 19.6. The third-order valence-electron chi connectivity index (χ3n) is 7.69. The van der Waals surface area contributed by atoms with Gasteiger partial charge in [0.2, 0.25) is 11.3 Å². The van der Waals surface area contributed by atoms with Crippen LogP contribution in [0, 0.1) is 5.92 Å². The predicted octanol–water partition coefficient (Wildman–Crippen LogP) is 4.99. The summed E-state index contributed by atoms with van der Waals surface area (Å²) < 4.78 is 38.5. The number of nitrogens with one attached hydrogen (secondary N) is 2. The highest BCUT2D eigenvalue weighted by Gasteiger charge is 2.19. The van der Waals surface area contributed by atoms with Crippen LogP contribution >= 0.6 is 0 Å². The van der Waals surface area contributed by atoms with Gasteiger partial charge in [0.1, 0.15) is 0 Å². The summed E-state index contributed by atoms with van der Waals surface area (Å²) in [7, 11) is 0. The van der Waals surface area contributed by atoms with Crippen molar-refractivity contribution in [2.24, 2.45) is 5.92 Å². The third kappa shape index (κ3) is 13.1. The van der Waals surface area contributed by atoms with Crippen molar-refractivity contribution in [1.29, 1.82) is 0 Å². The van der Waals surface area contributed by atoms with E-state index in [2.05, 4.69) is 29.4 Å². The molecule has 0 radical (unpaired) electrons. The van der Waals surface area contributed by atoms with Gasteiger partial charge in [-0.05, 0) is 62.3 Å². The molecular weight excluding hydrogens is 562 g/mol. The molecule has 12 heteroatoms. The number of hydrogen-bond donors (Lipinski definition) is 2. The first kappa shape index (κ1) is 33.9. The zero-order chi connectivity index (χ0) is 29.3. The Morgan fingerprint density at radius 3 is 2.32 bits per heavy atom. The van der Waals surface area contributed by atoms with Crippen molar-refractivity contribution in [3.05, 3.63) is 24.3 Å². The van der Waals surface area contributed by atoms with Crippen molar-refractivity contribution in [3.63, 3.8) is 0 Å². The molecule has 0 aliphatic carbocycles. The fourth-order valence-corrected chi connectivity index (χ4v) is 6.82. The molecule has 0 spiro atoms. The summed E-state index contributed by atoms with van der Waals surface area (Å²) in [4.78, 5) is 14.5. The van der Waals surface area contributed by atoms with Crippen molar-refractivity contribution >= 4 is 39.8 Å². The van der Waals surface area contributed by atoms with Crippen LogP contribution in [0.3, 0.4) is 0 Å². The number of hydroxylamine groups is 2. The maximum Gasteiger partial charge on any atom is 0.319 e. The van der Waals surface area contributed by atoms with E-state index in [9.17, 15) is 13.2 Å². The molecule has 3 atom stereocenters. The molecule has 2 fully saturated rings. The molecule has 2 amide bonds. The number of carbonyl (C=O) groups excluding carboxylic acids is 1. The van der Waals surface area contributed by atoms with Crippen LogP contribution in [-0.2, 0) is 30.8 Å². The van der Waals surface area contributed by atoms with E-state index in [1.807, 2.05) is 33.6 Å². The Morgan fingerprint density at radius 1 is 0.976 bits per heavy atom. The average Bonchev–Trinajstić information content (AvgIpc) is 3.00. The zero-order valence-electron chi connectivity index (χ0n) is 25.0. The van der Waals surface area contributed by atoms with Crippen LogP contribution in [0.15, 0.2) is 24.3 Å². The van der Waals surface area contributed by atoms with Gasteiger partial charge in [0.25, 0.3) is 0 Å². The van der Waals surface area contributed by atoms with Gasteiger partial charge < -0.3 is 15.5 Å². The van der Waals surface area contributed by atoms with E-state index in [-0.39, 0.29) is 12.6 Å². The number of unbranched alkanes of at least 4 members (excludes halogenated alkanes) is 1. The molecule has 2 N–H and O–H groups in total. The molecule has 10 nitrogen and oxygen atoms in total. The molecular formula is C29H51N5O5S2. The molecule has 41 heavy (non-hydrogen) atoms. The molecule has 2 aliphatic heterocycles. The smallest absolute Gasteiger partial charge is 0.319 e. The molecule has 2 heterocycles. The van der Waals surface area contributed by atoms with Gasteiger partial charge in [-0.25, -0.2) is 17.5 Å². The summed E-state index contributed by atoms with van der Waals surface area (Å²) in [5.41, 5.74) is 1.61. The predicted molar refractivity (Wildman–Crippen MR) is 168 cm³/mol. The van der Waals surface area contributed by atoms with Crippen LogP contribution in [0.1, 0.15) is 78.1 Å². The fourth-order valence-electron chi connectivity index (χ4n) is 5.07. The zero-order valence-corrected chi connectivity index (χ0v) is 26.7. The molecule has 2 aliphatic rings. The topological polar surface area (TPSA) is 103 Å². The summed E-state index contributed by atoms with van der Waals surface area (Å²) in [5, 5.41) is 7.73. The number of urea groups is 1. The summed E-state index contributed by atoms with van der Waals surface area (Å²) in [6.07, 6.45) is 11.1. The highest BCUT2D eigenvalue weighted by molar-refractivity contribution is 7.80. The van der Waals surface area contributed by atoms with E-state index in [1.165, 1.54) is 19.3 Å². The van der Waals surface area contributed by atoms with Crippen molar-refractivity contribution in [2.45, 2.75) is 78.1 Å². The van der Waals surface area contributed by atoms with Crippen molar-refractivity contribution < 1.29 is 21.7 Å². The normalized spacial score (nSPS) is 18.9. The van der Waals surface area contributed by atoms with Crippen molar-refractivity contribution in [2.75, 3.05) is 68.4 Å². The summed E-state index contributed by atoms with van der Waals surface area (Å²) >= 11 is -2.90. The van der Waals surface area contributed by atoms with Gasteiger partial charge in [-0.2, -0.15) is 9.35 Å². The van der Waals surface area contributed by atoms with Crippen molar-refractivity contribution in [3.8, 4) is 0 Å². The van der Waals surface area contributed by atoms with Crippen LogP contribution < -0.4 is 15.5 Å². The molecule has 0 saturated carbocycles. The first-order valence-corrected chi connectivity index (χ1v) is 17.8. The van der Waals surface area contributed by atoms with Crippen LogP contribution in [0.4, 0.5) is 16.2 Å². The monoisotopic (exact) mass is 613 g/mol. The van der Waals surface area contributed by atoms with E-state index < -0.39 is 22.3 Å². The Morgan fingerprint density at radius 2 is 1.66 bits per heavy atom. The summed E-state index contributed by atoms with van der Waals surface area (Å²) in [5.74, 6) is 0.831. The molecule has 2 saturated heterocycles. The number of amides is 2. The van der Waals surface area contributed by atoms with Gasteiger partial charge in [-0.3, -0.25) is 4.18 Å². The maximum atomic E-state index is 12.7. The van der Waals surface area contributed by atoms with Crippen molar-refractivity contribution in [1.82, 2.24) is 14.7 Å². The fraction of sp³-hybridized carbons (Fsp3) is 0.759. The third-order valence-corrected chi connectivity index (χ3v) is 9.74. The standard InChI is InChI=1S/C29H51N5O5S2/c1-3-5-12-26(4-2)25-30-29(35)31-27-13-15-28(16-14-27)32(21-23-38-41(37)34-19-10-7-11-20-34)22-24-40(36)39-33-17-8-6-9-18-33/h13-16,26H,3-12,17-25H2,1-2H3,(H2,30,31,35). The van der Waals surface area contributed by atoms with E-state index >= 15 is 0 Å². The lowest BCUT2D eigenvalue weighted by molar-refractivity contribution is -0.0591. The Bertz CT molecular complexity index is 927. The number of anilines is 2. The van der Waals surface area contributed by atoms with Gasteiger partial charge in [0.05, 0.1) is 12.4 Å². The number of benzene rings is 1. The minimum absolute atomic E-state index is 0.205. The van der Waals surface area contributed by atoms with E-state index in [4.69, 9.17) is 8.47 Å². The van der Waals surface area contributed by atoms with Crippen LogP contribution in [-0.4, -0.2) is 82.0 Å². The van der Waals surface area contributed by atoms with Crippen LogP contribution in [0.5, 0.6) is 0 Å². The Balaban J connectivity index is 1.53. The van der Waals surface area contributed by atoms with E-state index in [1.54, 1.807) is 0 Å². The van der Waals surface area contributed by atoms with Crippen LogP contribution in [0.2, 0.25) is 0 Å². The Labute approximate surface area is 252 Å². The lowest BCUT2D eigenvalue weighted by Gasteiger charge is -2.28. The number of piperidine rings is 2. The molecule has 0 aromatic heterocycles. The van der Waals surface area contributed by atoms with E-state index in [0.29, 0.717) is 37.0 Å². The second-order valence-corrected chi connectivity index (χ2v) is 13.2. The SMILES string of the molecule is CCCCC(CC)CNC(=O)Nc1ccc(N(CCOS(=O)N2CCCCC2)CCS(=O)ON2CCCCC2)cc1. The molecule has 1 aromatic carbocycles. The summed E-state index contributed by atoms with van der Waals surface area (Å²) in [6, 6.07) is 7.39. The number of carbonyl (C=O) groups is 1. The molecule has 3 unspecified atom stereocenters. The maximum absolute atomic E-state index is 12.7. The summed E-state index contributed by atoms with van der Waals surface area (Å²) in [6.45, 7) is 9.49. The highest BCUT2D eigenvalue weighted by atomic mass is 32.2. The lowest BCUT2D eigenvalue weighted by Crippen LogP contribution is -2.36. The second-order valence-electron chi connectivity index (χ2n) is 10.9. The molecule has 3 rings (SSSR count). The molecule has 0 bridgehead atoms. The van der Waals surface area contributed by atoms with Gasteiger partial charge in [0.15, 0.2) is 11.1 Å². The molecule has 234 valence electrons. The van der Waals surface area contributed by atoms with Gasteiger partial charge >= 0.3 is 6.03 Å². The average molecular weight is 614 g/mol. The minimum atomic E-state index is -1.46. The largest absolute Gasteiger partial charge is 0.368 e. The first-order chi connectivity index (χ1) is 20.0. The Hall–Kier alpha value is -1.57. The van der Waals surface area contributed by atoms with Crippen LogP contribution in [0.25, 0.3) is 0 Å². The van der Waals surface area contributed by atoms with E-state index in [0.717, 1.165) is 76.8 Å². The number of rotatable bonds is 18. The number of nitrogens with zero attached hydrogens (tertiary/aromatic N) is 3. The number of hydrogen-bond acceptors (Lipinski definition) is 7. The lowest BCUT2D eigenvalue weighted by atomic mass is 9.99. The van der Waals surface area contributed by atoms with Gasteiger partial charge in [-0.1, -0.05) is 46.0 Å². The Kier molecular flexibility index (Phi) is 16.2. The molecule has 1 aromatic rings. The van der Waals surface area contributed by atoms with Gasteiger partial charge in [0, 0.05) is 57.2 Å². The first-order valence-electron chi connectivity index (χ1n) is 15.5. The quantitative estimate of drug-likeness (QED) is 0.240. The minimum Gasteiger partial charge on any atom is -0.368 e. The highest BCUT2D eigenvalue weighted by Crippen LogP contribution is 2.19. The van der Waals surface area contributed by atoms with Gasteiger partial charge in [-0.15, -0.1) is 0 Å².